The Hall–Kier alpha value is -1.09. The van der Waals surface area contributed by atoms with Gasteiger partial charge in [0, 0.05) is 20.0 Å². The largest absolute Gasteiger partial charge is 0.434 e. The Kier molecular flexibility index (Phi) is 5.58. The standard InChI is InChI=1S/C10H10BrClF3N3O2/c1-18-8(10(13,14)15)6(11)7(17-18)9(20)16-4-2-3-5(12)19/h2-4H2,1H3,(H,16,20). The number of aromatic nitrogens is 2. The minimum Gasteiger partial charge on any atom is -0.351 e. The Bertz CT molecular complexity index is 531. The van der Waals surface area contributed by atoms with Crippen molar-refractivity contribution in [3.05, 3.63) is 15.9 Å². The van der Waals surface area contributed by atoms with Gasteiger partial charge in [-0.1, -0.05) is 0 Å². The van der Waals surface area contributed by atoms with E-state index >= 15 is 0 Å². The van der Waals surface area contributed by atoms with Crippen molar-refractivity contribution in [3.63, 3.8) is 0 Å². The van der Waals surface area contributed by atoms with Crippen LogP contribution in [0.25, 0.3) is 0 Å². The molecule has 1 amide bonds. The zero-order valence-corrected chi connectivity index (χ0v) is 12.6. The van der Waals surface area contributed by atoms with Crippen LogP contribution in [0.1, 0.15) is 29.0 Å². The molecule has 1 aromatic rings. The van der Waals surface area contributed by atoms with E-state index in [-0.39, 0.29) is 18.7 Å². The normalized spacial score (nSPS) is 11.5. The molecule has 5 nitrogen and oxygen atoms in total. The highest BCUT2D eigenvalue weighted by Gasteiger charge is 2.39. The van der Waals surface area contributed by atoms with E-state index in [0.29, 0.717) is 11.1 Å². The van der Waals surface area contributed by atoms with E-state index < -0.39 is 27.5 Å². The number of hydrogen-bond acceptors (Lipinski definition) is 3. The summed E-state index contributed by atoms with van der Waals surface area (Å²) in [6.45, 7) is 0.113. The lowest BCUT2D eigenvalue weighted by molar-refractivity contribution is -0.144. The molecular weight excluding hydrogens is 366 g/mol. The summed E-state index contributed by atoms with van der Waals surface area (Å²) in [5.74, 6) is -0.759. The molecule has 0 fully saturated rings. The fourth-order valence-corrected chi connectivity index (χ4v) is 2.34. The third-order valence-corrected chi connectivity index (χ3v) is 3.25. The molecule has 1 heterocycles. The van der Waals surface area contributed by atoms with E-state index in [1.54, 1.807) is 0 Å². The topological polar surface area (TPSA) is 64.0 Å². The summed E-state index contributed by atoms with van der Waals surface area (Å²) in [7, 11) is 1.09. The van der Waals surface area contributed by atoms with Gasteiger partial charge in [0.2, 0.25) is 5.24 Å². The van der Waals surface area contributed by atoms with Gasteiger partial charge in [-0.25, -0.2) is 0 Å². The second kappa shape index (κ2) is 6.57. The number of carbonyl (C=O) groups excluding carboxylic acids is 2. The summed E-state index contributed by atoms with van der Waals surface area (Å²) in [4.78, 5) is 22.2. The highest BCUT2D eigenvalue weighted by molar-refractivity contribution is 9.10. The van der Waals surface area contributed by atoms with Gasteiger partial charge in [0.15, 0.2) is 11.4 Å². The molecule has 0 aromatic carbocycles. The molecule has 0 radical (unpaired) electrons. The number of amides is 1. The Balaban J connectivity index is 2.77. The highest BCUT2D eigenvalue weighted by Crippen LogP contribution is 2.36. The average Bonchev–Trinajstić information content (AvgIpc) is 2.59. The average molecular weight is 377 g/mol. The van der Waals surface area contributed by atoms with E-state index in [4.69, 9.17) is 11.6 Å². The highest BCUT2D eigenvalue weighted by atomic mass is 79.9. The molecule has 0 spiro atoms. The molecule has 20 heavy (non-hydrogen) atoms. The number of hydrogen-bond donors (Lipinski definition) is 1. The fourth-order valence-electron chi connectivity index (χ4n) is 1.46. The first-order valence-electron chi connectivity index (χ1n) is 5.40. The zero-order valence-electron chi connectivity index (χ0n) is 10.2. The molecule has 0 aliphatic heterocycles. The molecule has 1 N–H and O–H groups in total. The predicted octanol–water partition coefficient (Wildman–Crippen LogP) is 2.48. The van der Waals surface area contributed by atoms with Crippen LogP contribution in [0.15, 0.2) is 4.47 Å². The van der Waals surface area contributed by atoms with Crippen molar-refractivity contribution in [2.24, 2.45) is 7.05 Å². The van der Waals surface area contributed by atoms with Crippen molar-refractivity contribution in [2.45, 2.75) is 19.0 Å². The number of nitrogens with one attached hydrogen (secondary N) is 1. The van der Waals surface area contributed by atoms with Gasteiger partial charge in [-0.15, -0.1) is 0 Å². The second-order valence-electron chi connectivity index (χ2n) is 3.85. The molecule has 0 saturated carbocycles. The molecule has 0 aliphatic rings. The monoisotopic (exact) mass is 375 g/mol. The van der Waals surface area contributed by atoms with Gasteiger partial charge in [0.1, 0.15) is 0 Å². The minimum absolute atomic E-state index is 0.0685. The lowest BCUT2D eigenvalue weighted by atomic mass is 10.3. The van der Waals surface area contributed by atoms with Crippen molar-refractivity contribution < 1.29 is 22.8 Å². The van der Waals surface area contributed by atoms with Crippen LogP contribution in [0, 0.1) is 0 Å². The molecule has 0 bridgehead atoms. The Morgan fingerprint density at radius 3 is 2.50 bits per heavy atom. The first kappa shape index (κ1) is 17.0. The summed E-state index contributed by atoms with van der Waals surface area (Å²) in [5.41, 5.74) is -1.41. The van der Waals surface area contributed by atoms with E-state index in [0.717, 1.165) is 7.05 Å². The molecule has 10 heteroatoms. The lowest BCUT2D eigenvalue weighted by Gasteiger charge is -2.06. The smallest absolute Gasteiger partial charge is 0.351 e. The summed E-state index contributed by atoms with van der Waals surface area (Å²) in [6, 6.07) is 0. The maximum absolute atomic E-state index is 12.7. The number of aryl methyl sites for hydroxylation is 1. The van der Waals surface area contributed by atoms with Gasteiger partial charge < -0.3 is 5.32 Å². The van der Waals surface area contributed by atoms with Crippen LogP contribution >= 0.6 is 27.5 Å². The van der Waals surface area contributed by atoms with Crippen LogP contribution in [0.2, 0.25) is 0 Å². The molecule has 0 saturated heterocycles. The van der Waals surface area contributed by atoms with Gasteiger partial charge in [-0.3, -0.25) is 14.3 Å². The maximum Gasteiger partial charge on any atom is 0.434 e. The van der Waals surface area contributed by atoms with Crippen molar-refractivity contribution >= 4 is 38.7 Å². The van der Waals surface area contributed by atoms with E-state index in [9.17, 15) is 22.8 Å². The van der Waals surface area contributed by atoms with Gasteiger partial charge in [0.05, 0.1) is 4.47 Å². The maximum atomic E-state index is 12.7. The van der Waals surface area contributed by atoms with Crippen LogP contribution in [0.4, 0.5) is 13.2 Å². The van der Waals surface area contributed by atoms with Gasteiger partial charge in [0.25, 0.3) is 5.91 Å². The fraction of sp³-hybridized carbons (Fsp3) is 0.500. The van der Waals surface area contributed by atoms with Crippen molar-refractivity contribution in [2.75, 3.05) is 6.54 Å². The Morgan fingerprint density at radius 2 is 2.05 bits per heavy atom. The van der Waals surface area contributed by atoms with Crippen molar-refractivity contribution in [1.82, 2.24) is 15.1 Å². The molecule has 1 aromatic heterocycles. The van der Waals surface area contributed by atoms with Crippen LogP contribution in [0.5, 0.6) is 0 Å². The molecule has 0 unspecified atom stereocenters. The van der Waals surface area contributed by atoms with Gasteiger partial charge in [-0.05, 0) is 34.0 Å². The lowest BCUT2D eigenvalue weighted by Crippen LogP contribution is -2.25. The van der Waals surface area contributed by atoms with Crippen LogP contribution in [0.3, 0.4) is 0 Å². The number of alkyl halides is 3. The predicted molar refractivity (Wildman–Crippen MR) is 68.3 cm³/mol. The molecule has 1 rings (SSSR count). The third-order valence-electron chi connectivity index (χ3n) is 2.31. The van der Waals surface area contributed by atoms with Crippen LogP contribution in [-0.4, -0.2) is 27.5 Å². The van der Waals surface area contributed by atoms with E-state index in [1.807, 2.05) is 0 Å². The van der Waals surface area contributed by atoms with Gasteiger partial charge >= 0.3 is 6.18 Å². The van der Waals surface area contributed by atoms with Crippen molar-refractivity contribution in [3.8, 4) is 0 Å². The number of nitrogens with zero attached hydrogens (tertiary/aromatic N) is 2. The number of carbonyl (C=O) groups is 2. The molecular formula is C10H10BrClF3N3O2. The Morgan fingerprint density at radius 1 is 1.45 bits per heavy atom. The zero-order chi connectivity index (χ0) is 15.5. The van der Waals surface area contributed by atoms with E-state index in [1.165, 1.54) is 0 Å². The second-order valence-corrected chi connectivity index (χ2v) is 5.06. The summed E-state index contributed by atoms with van der Waals surface area (Å²) in [5, 5.41) is 5.36. The first-order valence-corrected chi connectivity index (χ1v) is 6.58. The number of rotatable bonds is 5. The quantitative estimate of drug-likeness (QED) is 0.634. The summed E-state index contributed by atoms with van der Waals surface area (Å²) >= 11 is 7.84. The SMILES string of the molecule is Cn1nc(C(=O)NCCCC(=O)Cl)c(Br)c1C(F)(F)F. The third kappa shape index (κ3) is 4.20. The Labute approximate surface area is 125 Å². The van der Waals surface area contributed by atoms with E-state index in [2.05, 4.69) is 26.3 Å². The minimum atomic E-state index is -4.62. The van der Waals surface area contributed by atoms with Crippen molar-refractivity contribution in [1.29, 1.82) is 0 Å². The summed E-state index contributed by atoms with van der Waals surface area (Å²) < 4.78 is 38.3. The van der Waals surface area contributed by atoms with Gasteiger partial charge in [-0.2, -0.15) is 18.3 Å². The van der Waals surface area contributed by atoms with Crippen LogP contribution in [-0.2, 0) is 18.0 Å². The number of halogens is 5. The molecule has 0 aliphatic carbocycles. The summed E-state index contributed by atoms with van der Waals surface area (Å²) in [6.07, 6.45) is -4.26. The van der Waals surface area contributed by atoms with Crippen LogP contribution < -0.4 is 5.32 Å². The molecule has 0 atom stereocenters. The molecule has 112 valence electrons. The first-order chi connectivity index (χ1) is 9.14.